The summed E-state index contributed by atoms with van der Waals surface area (Å²) in [5.74, 6) is 1.71. The van der Waals surface area contributed by atoms with E-state index in [0.717, 1.165) is 36.1 Å². The number of rotatable bonds is 6. The highest BCUT2D eigenvalue weighted by Crippen LogP contribution is 2.70. The molecule has 5 rings (SSSR count). The zero-order valence-electron chi connectivity index (χ0n) is 18.9. The van der Waals surface area contributed by atoms with Crippen molar-refractivity contribution in [1.82, 2.24) is 5.32 Å². The predicted molar refractivity (Wildman–Crippen MR) is 122 cm³/mol. The summed E-state index contributed by atoms with van der Waals surface area (Å²) in [6, 6.07) is 17.7. The number of carbonyl (C=O) groups excluding carboxylic acids is 1. The number of ether oxygens (including phenoxy) is 2. The highest BCUT2D eigenvalue weighted by molar-refractivity contribution is 5.94. The molecular weight excluding hydrogens is 402 g/mol. The van der Waals surface area contributed by atoms with Crippen molar-refractivity contribution >= 4 is 5.91 Å². The molecule has 1 aliphatic heterocycles. The Balaban J connectivity index is 1.44. The number of aliphatic hydroxyl groups is 1. The smallest absolute Gasteiger partial charge is 0.251 e. The quantitative estimate of drug-likeness (QED) is 0.707. The molecule has 3 aliphatic rings. The fraction of sp³-hybridized carbons (Fsp3) is 0.519. The van der Waals surface area contributed by atoms with E-state index in [0.29, 0.717) is 18.4 Å². The van der Waals surface area contributed by atoms with E-state index in [1.54, 1.807) is 0 Å². The van der Waals surface area contributed by atoms with Gasteiger partial charge in [0, 0.05) is 18.2 Å². The average molecular weight is 436 g/mol. The van der Waals surface area contributed by atoms with E-state index in [1.165, 1.54) is 0 Å². The van der Waals surface area contributed by atoms with E-state index in [2.05, 4.69) is 25.2 Å². The molecule has 5 atom stereocenters. The average Bonchev–Trinajstić information content (AvgIpc) is 3.30. The van der Waals surface area contributed by atoms with Crippen LogP contribution in [-0.4, -0.2) is 36.9 Å². The van der Waals surface area contributed by atoms with Crippen LogP contribution in [0.1, 0.15) is 55.1 Å². The molecule has 2 aromatic rings. The van der Waals surface area contributed by atoms with Crippen LogP contribution in [0.25, 0.3) is 0 Å². The molecule has 170 valence electrons. The van der Waals surface area contributed by atoms with Gasteiger partial charge in [-0.2, -0.15) is 0 Å². The third kappa shape index (κ3) is 3.43. The molecule has 1 unspecified atom stereocenters. The molecule has 1 saturated heterocycles. The lowest BCUT2D eigenvalue weighted by Crippen LogP contribution is -2.58. The van der Waals surface area contributed by atoms with Crippen molar-refractivity contribution in [3.63, 3.8) is 0 Å². The maximum atomic E-state index is 13.2. The molecule has 5 heteroatoms. The second-order valence-electron chi connectivity index (χ2n) is 10.3. The SMILES string of the molecule is CC1(C)[C@@H]2C[C@@H]3[C@@H](c4cccc(OCCO)c4)OCCC3(C2)[C@@H]1NC(=O)c1ccccc1. The lowest BCUT2D eigenvalue weighted by molar-refractivity contribution is -0.120. The number of fused-ring (bicyclic) bond motifs is 1. The Bertz CT molecular complexity index is 975. The molecule has 2 aromatic carbocycles. The zero-order valence-corrected chi connectivity index (χ0v) is 18.9. The van der Waals surface area contributed by atoms with Gasteiger partial charge in [-0.05, 0) is 71.8 Å². The van der Waals surface area contributed by atoms with E-state index < -0.39 is 0 Å². The van der Waals surface area contributed by atoms with Crippen molar-refractivity contribution in [2.24, 2.45) is 22.7 Å². The van der Waals surface area contributed by atoms with Crippen LogP contribution in [-0.2, 0) is 4.74 Å². The molecule has 0 aromatic heterocycles. The van der Waals surface area contributed by atoms with Crippen LogP contribution in [0.2, 0.25) is 0 Å². The van der Waals surface area contributed by atoms with Crippen LogP contribution < -0.4 is 10.1 Å². The zero-order chi connectivity index (χ0) is 22.3. The van der Waals surface area contributed by atoms with Crippen LogP contribution >= 0.6 is 0 Å². The van der Waals surface area contributed by atoms with Gasteiger partial charge in [0.2, 0.25) is 0 Å². The van der Waals surface area contributed by atoms with Gasteiger partial charge in [0.1, 0.15) is 12.4 Å². The minimum absolute atomic E-state index is 0.00125. The third-order valence-corrected chi connectivity index (χ3v) is 8.36. The van der Waals surface area contributed by atoms with Crippen molar-refractivity contribution in [2.75, 3.05) is 19.8 Å². The molecule has 5 nitrogen and oxygen atoms in total. The highest BCUT2D eigenvalue weighted by Gasteiger charge is 2.68. The fourth-order valence-electron chi connectivity index (χ4n) is 6.87. The number of aliphatic hydroxyl groups excluding tert-OH is 1. The van der Waals surface area contributed by atoms with Gasteiger partial charge in [0.15, 0.2) is 0 Å². The number of benzene rings is 2. The van der Waals surface area contributed by atoms with Crippen molar-refractivity contribution in [1.29, 1.82) is 0 Å². The molecule has 1 spiro atoms. The Morgan fingerprint density at radius 1 is 1.19 bits per heavy atom. The van der Waals surface area contributed by atoms with Gasteiger partial charge in [-0.1, -0.05) is 44.2 Å². The Morgan fingerprint density at radius 3 is 2.78 bits per heavy atom. The summed E-state index contributed by atoms with van der Waals surface area (Å²) in [6.45, 7) is 5.63. The van der Waals surface area contributed by atoms with Crippen molar-refractivity contribution < 1.29 is 19.4 Å². The molecule has 0 radical (unpaired) electrons. The first-order valence-electron chi connectivity index (χ1n) is 11.8. The van der Waals surface area contributed by atoms with Crippen LogP contribution in [0.15, 0.2) is 54.6 Å². The number of nitrogens with one attached hydrogen (secondary N) is 1. The monoisotopic (exact) mass is 435 g/mol. The molecular formula is C27H33NO4. The summed E-state index contributed by atoms with van der Waals surface area (Å²) < 4.78 is 12.0. The molecule has 2 saturated carbocycles. The topological polar surface area (TPSA) is 67.8 Å². The van der Waals surface area contributed by atoms with E-state index in [9.17, 15) is 4.79 Å². The number of carbonyl (C=O) groups is 1. The Kier molecular flexibility index (Phi) is 5.50. The van der Waals surface area contributed by atoms with Gasteiger partial charge < -0.3 is 19.9 Å². The summed E-state index contributed by atoms with van der Waals surface area (Å²) in [4.78, 5) is 13.2. The Hall–Kier alpha value is -2.37. The van der Waals surface area contributed by atoms with Gasteiger partial charge in [-0.3, -0.25) is 4.79 Å². The van der Waals surface area contributed by atoms with E-state index >= 15 is 0 Å². The highest BCUT2D eigenvalue weighted by atomic mass is 16.5. The van der Waals surface area contributed by atoms with E-state index in [1.807, 2.05) is 48.5 Å². The van der Waals surface area contributed by atoms with Crippen LogP contribution in [0.4, 0.5) is 0 Å². The van der Waals surface area contributed by atoms with Gasteiger partial charge in [0.25, 0.3) is 5.91 Å². The summed E-state index contributed by atoms with van der Waals surface area (Å²) >= 11 is 0. The van der Waals surface area contributed by atoms with Crippen molar-refractivity contribution in [3.05, 3.63) is 65.7 Å². The number of amides is 1. The number of hydrogen-bond acceptors (Lipinski definition) is 4. The maximum Gasteiger partial charge on any atom is 0.251 e. The summed E-state index contributed by atoms with van der Waals surface area (Å²) in [7, 11) is 0. The maximum absolute atomic E-state index is 13.2. The van der Waals surface area contributed by atoms with Gasteiger partial charge >= 0.3 is 0 Å². The Morgan fingerprint density at radius 2 is 2.00 bits per heavy atom. The second-order valence-corrected chi connectivity index (χ2v) is 10.3. The number of hydrogen-bond donors (Lipinski definition) is 2. The molecule has 3 fully saturated rings. The fourth-order valence-corrected chi connectivity index (χ4v) is 6.87. The Labute approximate surface area is 190 Å². The first kappa shape index (κ1) is 21.5. The van der Waals surface area contributed by atoms with Crippen LogP contribution in [0, 0.1) is 22.7 Å². The van der Waals surface area contributed by atoms with E-state index in [-0.39, 0.29) is 42.1 Å². The minimum atomic E-state index is -0.00452. The van der Waals surface area contributed by atoms with Gasteiger partial charge in [-0.25, -0.2) is 0 Å². The summed E-state index contributed by atoms with van der Waals surface area (Å²) in [6.07, 6.45) is 3.25. The standard InChI is InChI=1S/C27H33NO4/c1-26(2)20-16-22-23(19-9-6-10-21(15-19)31-14-12-29)32-13-11-27(22,17-20)25(26)28-24(30)18-7-4-3-5-8-18/h3-10,15,20,22-23,25,29H,11-14,16-17H2,1-2H3,(H,28,30)/t20-,22-,23-,25-,27?/m1/s1. The predicted octanol–water partition coefficient (Wildman–Crippen LogP) is 4.37. The summed E-state index contributed by atoms with van der Waals surface area (Å²) in [5.41, 5.74) is 1.94. The van der Waals surface area contributed by atoms with Crippen molar-refractivity contribution in [2.45, 2.75) is 45.3 Å². The molecule has 2 bridgehead atoms. The third-order valence-electron chi connectivity index (χ3n) is 8.36. The minimum Gasteiger partial charge on any atom is -0.491 e. The first-order chi connectivity index (χ1) is 15.5. The van der Waals surface area contributed by atoms with Gasteiger partial charge in [-0.15, -0.1) is 0 Å². The first-order valence-corrected chi connectivity index (χ1v) is 11.8. The van der Waals surface area contributed by atoms with Crippen LogP contribution in [0.5, 0.6) is 5.75 Å². The molecule has 2 aliphatic carbocycles. The molecule has 1 amide bonds. The molecule has 1 heterocycles. The van der Waals surface area contributed by atoms with Crippen LogP contribution in [0.3, 0.4) is 0 Å². The normalized spacial score (nSPS) is 32.3. The second kappa shape index (κ2) is 8.20. The molecule has 2 N–H and O–H groups in total. The van der Waals surface area contributed by atoms with Crippen molar-refractivity contribution in [3.8, 4) is 5.75 Å². The lowest BCUT2D eigenvalue weighted by Gasteiger charge is -2.53. The van der Waals surface area contributed by atoms with E-state index in [4.69, 9.17) is 14.6 Å². The summed E-state index contributed by atoms with van der Waals surface area (Å²) in [5, 5.41) is 12.6. The lowest BCUT2D eigenvalue weighted by atomic mass is 9.58. The van der Waals surface area contributed by atoms with Gasteiger partial charge in [0.05, 0.1) is 12.7 Å². The largest absolute Gasteiger partial charge is 0.491 e. The molecule has 32 heavy (non-hydrogen) atoms.